The Hall–Kier alpha value is -3.80. The van der Waals surface area contributed by atoms with E-state index in [-0.39, 0.29) is 0 Å². The summed E-state index contributed by atoms with van der Waals surface area (Å²) in [7, 11) is 3.32. The first-order valence-corrected chi connectivity index (χ1v) is 9.64. The van der Waals surface area contributed by atoms with Crippen LogP contribution in [0.3, 0.4) is 0 Å². The summed E-state index contributed by atoms with van der Waals surface area (Å²) in [5.74, 6) is 1.65. The molecule has 0 aliphatic carbocycles. The largest absolute Gasteiger partial charge is 0.497 e. The number of rotatable bonds is 7. The molecule has 2 heterocycles. The summed E-state index contributed by atoms with van der Waals surface area (Å²) >= 11 is 0. The average molecular weight is 398 g/mol. The van der Waals surface area contributed by atoms with Crippen LogP contribution in [0.1, 0.15) is 11.4 Å². The number of pyridine rings is 2. The normalized spacial score (nSPS) is 11.7. The van der Waals surface area contributed by atoms with Gasteiger partial charge in [0.1, 0.15) is 11.5 Å². The van der Waals surface area contributed by atoms with Crippen LogP contribution in [0.25, 0.3) is 21.8 Å². The summed E-state index contributed by atoms with van der Waals surface area (Å²) in [5, 5.41) is 2.08. The number of methoxy groups -OCH3 is 2. The predicted octanol–water partition coefficient (Wildman–Crippen LogP) is 4.34. The van der Waals surface area contributed by atoms with Crippen molar-refractivity contribution in [1.82, 2.24) is 9.97 Å². The summed E-state index contributed by atoms with van der Waals surface area (Å²) < 4.78 is 10.5. The molecule has 4 rings (SSSR count). The minimum absolute atomic E-state index is 0.587. The Bertz CT molecular complexity index is 1140. The lowest BCUT2D eigenvalue weighted by atomic mass is 10.2. The molecule has 0 N–H and O–H groups in total. The number of benzene rings is 2. The molecule has 2 aromatic heterocycles. The van der Waals surface area contributed by atoms with E-state index in [1.807, 2.05) is 60.7 Å². The minimum atomic E-state index is 0.587. The third kappa shape index (κ3) is 4.60. The molecule has 0 aliphatic heterocycles. The van der Waals surface area contributed by atoms with Crippen molar-refractivity contribution in [1.29, 1.82) is 0 Å². The highest BCUT2D eigenvalue weighted by molar-refractivity contribution is 5.87. The average Bonchev–Trinajstić information content (AvgIpc) is 2.80. The van der Waals surface area contributed by atoms with Crippen molar-refractivity contribution >= 4 is 34.2 Å². The van der Waals surface area contributed by atoms with Crippen LogP contribution in [0.4, 0.5) is 0 Å². The second-order valence-corrected chi connectivity index (χ2v) is 6.66. The SMILES string of the molecule is COc1ccc2nc(C=NCCN=Cc3ccc4cc(OC)ccc4n3)ccc2c1. The van der Waals surface area contributed by atoms with E-state index in [9.17, 15) is 0 Å². The number of fused-ring (bicyclic) bond motifs is 2. The van der Waals surface area contributed by atoms with Gasteiger partial charge in [0.25, 0.3) is 0 Å². The van der Waals surface area contributed by atoms with Gasteiger partial charge in [-0.2, -0.15) is 0 Å². The summed E-state index contributed by atoms with van der Waals surface area (Å²) in [6.45, 7) is 1.17. The number of hydrogen-bond donors (Lipinski definition) is 0. The molecule has 0 fully saturated rings. The van der Waals surface area contributed by atoms with Crippen LogP contribution in [0.2, 0.25) is 0 Å². The molecule has 0 unspecified atom stereocenters. The molecule has 2 aromatic carbocycles. The Labute approximate surface area is 174 Å². The molecule has 0 atom stereocenters. The van der Waals surface area contributed by atoms with Crippen LogP contribution in [0, 0.1) is 0 Å². The highest BCUT2D eigenvalue weighted by atomic mass is 16.5. The van der Waals surface area contributed by atoms with E-state index in [2.05, 4.69) is 20.0 Å². The van der Waals surface area contributed by atoms with Crippen LogP contribution in [0.15, 0.2) is 70.6 Å². The topological polar surface area (TPSA) is 69.0 Å². The Morgan fingerprint density at radius 2 is 1.13 bits per heavy atom. The highest BCUT2D eigenvalue weighted by Crippen LogP contribution is 2.20. The molecule has 0 amide bonds. The molecule has 4 aromatic rings. The van der Waals surface area contributed by atoms with Gasteiger partial charge in [-0.3, -0.25) is 9.98 Å². The zero-order valence-electron chi connectivity index (χ0n) is 16.9. The van der Waals surface area contributed by atoms with Gasteiger partial charge in [0, 0.05) is 23.2 Å². The maximum atomic E-state index is 5.24. The van der Waals surface area contributed by atoms with Crippen LogP contribution in [-0.2, 0) is 0 Å². The Morgan fingerprint density at radius 3 is 1.57 bits per heavy atom. The minimum Gasteiger partial charge on any atom is -0.497 e. The van der Waals surface area contributed by atoms with E-state index in [1.165, 1.54) is 0 Å². The maximum absolute atomic E-state index is 5.24. The van der Waals surface area contributed by atoms with Gasteiger partial charge in [-0.1, -0.05) is 12.1 Å². The van der Waals surface area contributed by atoms with Crippen molar-refractivity contribution in [2.45, 2.75) is 0 Å². The smallest absolute Gasteiger partial charge is 0.119 e. The zero-order chi connectivity index (χ0) is 20.8. The van der Waals surface area contributed by atoms with Crippen molar-refractivity contribution in [3.63, 3.8) is 0 Å². The molecule has 150 valence electrons. The van der Waals surface area contributed by atoms with E-state index in [4.69, 9.17) is 9.47 Å². The number of aliphatic imine (C=N–C) groups is 2. The summed E-state index contributed by atoms with van der Waals surface area (Å²) in [5.41, 5.74) is 3.47. The lowest BCUT2D eigenvalue weighted by molar-refractivity contribution is 0.415. The number of ether oxygens (including phenoxy) is 2. The summed E-state index contributed by atoms with van der Waals surface area (Å²) in [6.07, 6.45) is 3.56. The van der Waals surface area contributed by atoms with Gasteiger partial charge >= 0.3 is 0 Å². The van der Waals surface area contributed by atoms with Crippen molar-refractivity contribution in [2.24, 2.45) is 9.98 Å². The van der Waals surface area contributed by atoms with Crippen LogP contribution >= 0.6 is 0 Å². The van der Waals surface area contributed by atoms with Crippen LogP contribution in [0.5, 0.6) is 11.5 Å². The standard InChI is InChI=1S/C24H22N4O2/c1-29-21-7-9-23-17(13-21)3-5-19(27-23)15-25-11-12-26-16-20-6-4-18-14-22(30-2)8-10-24(18)28-20/h3-10,13-16H,11-12H2,1-2H3. The van der Waals surface area contributed by atoms with Gasteiger partial charge in [-0.25, -0.2) is 9.97 Å². The number of aromatic nitrogens is 2. The van der Waals surface area contributed by atoms with Crippen molar-refractivity contribution < 1.29 is 9.47 Å². The first-order valence-electron chi connectivity index (χ1n) is 9.64. The molecule has 0 bridgehead atoms. The number of nitrogens with zero attached hydrogens (tertiary/aromatic N) is 4. The van der Waals surface area contributed by atoms with Crippen LogP contribution in [-0.4, -0.2) is 49.7 Å². The first kappa shape index (κ1) is 19.5. The second-order valence-electron chi connectivity index (χ2n) is 6.66. The number of hydrogen-bond acceptors (Lipinski definition) is 6. The maximum Gasteiger partial charge on any atom is 0.119 e. The monoisotopic (exact) mass is 398 g/mol. The molecule has 0 spiro atoms. The molecule has 0 saturated carbocycles. The van der Waals surface area contributed by atoms with E-state index >= 15 is 0 Å². The van der Waals surface area contributed by atoms with Crippen molar-refractivity contribution in [2.75, 3.05) is 27.3 Å². The molecule has 6 nitrogen and oxygen atoms in total. The fourth-order valence-corrected chi connectivity index (χ4v) is 3.07. The van der Waals surface area contributed by atoms with Gasteiger partial charge in [0.2, 0.25) is 0 Å². The van der Waals surface area contributed by atoms with Crippen molar-refractivity contribution in [3.8, 4) is 11.5 Å². The first-order chi connectivity index (χ1) is 14.7. The van der Waals surface area contributed by atoms with E-state index in [0.29, 0.717) is 13.1 Å². The summed E-state index contributed by atoms with van der Waals surface area (Å²) in [6, 6.07) is 19.6. The Kier molecular flexibility index (Phi) is 5.94. The Balaban J connectivity index is 1.34. The molecule has 0 saturated heterocycles. The predicted molar refractivity (Wildman–Crippen MR) is 122 cm³/mol. The Morgan fingerprint density at radius 1 is 0.667 bits per heavy atom. The molecule has 0 radical (unpaired) electrons. The molecular formula is C24H22N4O2. The van der Waals surface area contributed by atoms with Gasteiger partial charge in [-0.15, -0.1) is 0 Å². The quantitative estimate of drug-likeness (QED) is 0.343. The molecule has 6 heteroatoms. The fraction of sp³-hybridized carbons (Fsp3) is 0.167. The van der Waals surface area contributed by atoms with Crippen molar-refractivity contribution in [3.05, 3.63) is 72.1 Å². The third-order valence-corrected chi connectivity index (χ3v) is 4.64. The second kappa shape index (κ2) is 9.13. The van der Waals surface area contributed by atoms with E-state index in [1.54, 1.807) is 26.6 Å². The fourth-order valence-electron chi connectivity index (χ4n) is 3.07. The van der Waals surface area contributed by atoms with E-state index < -0.39 is 0 Å². The van der Waals surface area contributed by atoms with Gasteiger partial charge in [0.15, 0.2) is 0 Å². The van der Waals surface area contributed by atoms with Gasteiger partial charge in [0.05, 0.1) is 49.7 Å². The molecule has 30 heavy (non-hydrogen) atoms. The van der Waals surface area contributed by atoms with E-state index in [0.717, 1.165) is 44.7 Å². The lowest BCUT2D eigenvalue weighted by Crippen LogP contribution is -1.94. The summed E-state index contributed by atoms with van der Waals surface area (Å²) in [4.78, 5) is 18.0. The highest BCUT2D eigenvalue weighted by Gasteiger charge is 2.00. The lowest BCUT2D eigenvalue weighted by Gasteiger charge is -2.02. The van der Waals surface area contributed by atoms with Crippen LogP contribution < -0.4 is 9.47 Å². The molecule has 0 aliphatic rings. The molecular weight excluding hydrogens is 376 g/mol. The zero-order valence-corrected chi connectivity index (χ0v) is 16.9. The van der Waals surface area contributed by atoms with Gasteiger partial charge in [-0.05, 0) is 48.5 Å². The third-order valence-electron chi connectivity index (χ3n) is 4.64. The van der Waals surface area contributed by atoms with Gasteiger partial charge < -0.3 is 9.47 Å².